The molecule has 7 heteroatoms. The molecule has 0 saturated carbocycles. The largest absolute Gasteiger partial charge is 0.493 e. The Labute approximate surface area is 159 Å². The number of methoxy groups -OCH3 is 1. The topological polar surface area (TPSA) is 75.1 Å². The number of halogens is 1. The number of anilines is 1. The number of guanidine groups is 1. The molecule has 0 radical (unpaired) electrons. The van der Waals surface area contributed by atoms with E-state index in [4.69, 9.17) is 9.47 Å². The van der Waals surface area contributed by atoms with Crippen LogP contribution in [0.3, 0.4) is 0 Å². The summed E-state index contributed by atoms with van der Waals surface area (Å²) in [6.07, 6.45) is -1.03. The van der Waals surface area contributed by atoms with Gasteiger partial charge in [0.05, 0.1) is 20.3 Å². The minimum Gasteiger partial charge on any atom is -0.493 e. The number of rotatable bonds is 8. The summed E-state index contributed by atoms with van der Waals surface area (Å²) in [7, 11) is 1.58. The molecule has 0 bridgehead atoms. The van der Waals surface area contributed by atoms with Crippen molar-refractivity contribution in [2.24, 2.45) is 4.99 Å². The number of aliphatic imine (C=N–C) groups is 1. The van der Waals surface area contributed by atoms with Gasteiger partial charge in [0.25, 0.3) is 0 Å². The van der Waals surface area contributed by atoms with Crippen molar-refractivity contribution in [1.29, 1.82) is 0 Å². The zero-order valence-corrected chi connectivity index (χ0v) is 15.8. The van der Waals surface area contributed by atoms with Gasteiger partial charge in [-0.1, -0.05) is 18.2 Å². The van der Waals surface area contributed by atoms with Crippen molar-refractivity contribution in [3.63, 3.8) is 0 Å². The van der Waals surface area contributed by atoms with Crippen LogP contribution in [0, 0.1) is 5.82 Å². The van der Waals surface area contributed by atoms with E-state index in [9.17, 15) is 9.50 Å². The second kappa shape index (κ2) is 10.4. The van der Waals surface area contributed by atoms with E-state index in [2.05, 4.69) is 15.6 Å². The van der Waals surface area contributed by atoms with Gasteiger partial charge < -0.3 is 25.2 Å². The van der Waals surface area contributed by atoms with E-state index in [1.807, 2.05) is 26.0 Å². The van der Waals surface area contributed by atoms with E-state index in [0.29, 0.717) is 30.6 Å². The molecule has 0 aliphatic heterocycles. The molecule has 0 aromatic heterocycles. The molecular formula is C20H26FN3O3. The lowest BCUT2D eigenvalue weighted by molar-refractivity contribution is 0.182. The standard InChI is InChI=1S/C20H26FN3O3/c1-4-22-20(23-13-17(25)15-8-6-7-9-16(15)21)24-14-10-11-18(27-5-2)19(12-14)26-3/h6-12,17,25H,4-5,13H2,1-3H3,(H2,22,23,24). The van der Waals surface area contributed by atoms with Crippen LogP contribution in [-0.2, 0) is 0 Å². The van der Waals surface area contributed by atoms with E-state index < -0.39 is 11.9 Å². The smallest absolute Gasteiger partial charge is 0.195 e. The number of nitrogens with zero attached hydrogens (tertiary/aromatic N) is 1. The van der Waals surface area contributed by atoms with E-state index >= 15 is 0 Å². The molecule has 0 aliphatic rings. The first kappa shape index (κ1) is 20.5. The Morgan fingerprint density at radius 2 is 1.96 bits per heavy atom. The first-order valence-electron chi connectivity index (χ1n) is 8.87. The van der Waals surface area contributed by atoms with Crippen molar-refractivity contribution < 1.29 is 19.0 Å². The van der Waals surface area contributed by atoms with Crippen LogP contribution >= 0.6 is 0 Å². The maximum atomic E-state index is 13.8. The highest BCUT2D eigenvalue weighted by atomic mass is 19.1. The summed E-state index contributed by atoms with van der Waals surface area (Å²) in [6, 6.07) is 11.6. The molecule has 0 aliphatic carbocycles. The summed E-state index contributed by atoms with van der Waals surface area (Å²) in [4.78, 5) is 4.35. The van der Waals surface area contributed by atoms with E-state index in [1.54, 1.807) is 31.4 Å². The van der Waals surface area contributed by atoms with Crippen LogP contribution in [-0.4, -0.2) is 37.9 Å². The first-order chi connectivity index (χ1) is 13.1. The van der Waals surface area contributed by atoms with Crippen LogP contribution in [0.4, 0.5) is 10.1 Å². The molecule has 2 aromatic rings. The molecular weight excluding hydrogens is 349 g/mol. The molecule has 6 nitrogen and oxygen atoms in total. The van der Waals surface area contributed by atoms with E-state index in [0.717, 1.165) is 5.69 Å². The fourth-order valence-electron chi connectivity index (χ4n) is 2.49. The van der Waals surface area contributed by atoms with Gasteiger partial charge in [-0.3, -0.25) is 0 Å². The van der Waals surface area contributed by atoms with Crippen LogP contribution in [0.15, 0.2) is 47.5 Å². The normalized spacial score (nSPS) is 12.4. The first-order valence-corrected chi connectivity index (χ1v) is 8.87. The monoisotopic (exact) mass is 375 g/mol. The maximum absolute atomic E-state index is 13.8. The number of aliphatic hydroxyl groups is 1. The van der Waals surface area contributed by atoms with Gasteiger partial charge in [0, 0.05) is 23.9 Å². The summed E-state index contributed by atoms with van der Waals surface area (Å²) in [6.45, 7) is 5.03. The Hall–Kier alpha value is -2.80. The number of benzene rings is 2. The molecule has 0 amide bonds. The minimum absolute atomic E-state index is 0.0183. The van der Waals surface area contributed by atoms with Crippen LogP contribution in [0.5, 0.6) is 11.5 Å². The number of hydrogen-bond donors (Lipinski definition) is 3. The SMILES string of the molecule is CCNC(=NCC(O)c1ccccc1F)Nc1ccc(OCC)c(OC)c1. The van der Waals surface area contributed by atoms with Crippen molar-refractivity contribution in [1.82, 2.24) is 5.32 Å². The lowest BCUT2D eigenvalue weighted by atomic mass is 10.1. The highest BCUT2D eigenvalue weighted by Gasteiger charge is 2.12. The zero-order chi connectivity index (χ0) is 19.6. The summed E-state index contributed by atoms with van der Waals surface area (Å²) in [5.41, 5.74) is 0.968. The quantitative estimate of drug-likeness (QED) is 0.487. The molecule has 0 heterocycles. The number of ether oxygens (including phenoxy) is 2. The van der Waals surface area contributed by atoms with Crippen molar-refractivity contribution in [2.75, 3.05) is 32.1 Å². The van der Waals surface area contributed by atoms with Gasteiger partial charge in [-0.05, 0) is 32.0 Å². The molecule has 1 atom stereocenters. The predicted molar refractivity (Wildman–Crippen MR) is 105 cm³/mol. The van der Waals surface area contributed by atoms with Gasteiger partial charge in [0.1, 0.15) is 11.9 Å². The third kappa shape index (κ3) is 5.86. The average Bonchev–Trinajstić information content (AvgIpc) is 2.67. The summed E-state index contributed by atoms with van der Waals surface area (Å²) in [5, 5.41) is 16.5. The summed E-state index contributed by atoms with van der Waals surface area (Å²) >= 11 is 0. The molecule has 0 saturated heterocycles. The Kier molecular flexibility index (Phi) is 7.88. The number of hydrogen-bond acceptors (Lipinski definition) is 4. The second-order valence-electron chi connectivity index (χ2n) is 5.68. The lowest BCUT2D eigenvalue weighted by Crippen LogP contribution is -2.31. The predicted octanol–water partition coefficient (Wildman–Crippen LogP) is 3.34. The molecule has 0 fully saturated rings. The van der Waals surface area contributed by atoms with Gasteiger partial charge in [0.2, 0.25) is 0 Å². The highest BCUT2D eigenvalue weighted by Crippen LogP contribution is 2.30. The van der Waals surface area contributed by atoms with Gasteiger partial charge in [-0.2, -0.15) is 0 Å². The Bertz CT molecular complexity index is 768. The van der Waals surface area contributed by atoms with Crippen LogP contribution in [0.25, 0.3) is 0 Å². The second-order valence-corrected chi connectivity index (χ2v) is 5.68. The molecule has 146 valence electrons. The average molecular weight is 375 g/mol. The summed E-state index contributed by atoms with van der Waals surface area (Å²) in [5.74, 6) is 1.28. The molecule has 3 N–H and O–H groups in total. The molecule has 2 aromatic carbocycles. The lowest BCUT2D eigenvalue weighted by Gasteiger charge is -2.15. The van der Waals surface area contributed by atoms with Crippen molar-refractivity contribution >= 4 is 11.6 Å². The van der Waals surface area contributed by atoms with Crippen molar-refractivity contribution in [3.05, 3.63) is 53.8 Å². The maximum Gasteiger partial charge on any atom is 0.195 e. The Morgan fingerprint density at radius 1 is 1.19 bits per heavy atom. The molecule has 0 spiro atoms. The zero-order valence-electron chi connectivity index (χ0n) is 15.8. The third-order valence-electron chi connectivity index (χ3n) is 3.76. The van der Waals surface area contributed by atoms with Crippen LogP contribution in [0.1, 0.15) is 25.5 Å². The number of nitrogens with one attached hydrogen (secondary N) is 2. The fourth-order valence-corrected chi connectivity index (χ4v) is 2.49. The van der Waals surface area contributed by atoms with Crippen molar-refractivity contribution in [3.8, 4) is 11.5 Å². The van der Waals surface area contributed by atoms with Crippen LogP contribution in [0.2, 0.25) is 0 Å². The van der Waals surface area contributed by atoms with Crippen molar-refractivity contribution in [2.45, 2.75) is 20.0 Å². The molecule has 27 heavy (non-hydrogen) atoms. The minimum atomic E-state index is -1.03. The third-order valence-corrected chi connectivity index (χ3v) is 3.76. The number of aliphatic hydroxyl groups excluding tert-OH is 1. The molecule has 2 rings (SSSR count). The van der Waals surface area contributed by atoms with Gasteiger partial charge in [-0.15, -0.1) is 0 Å². The van der Waals surface area contributed by atoms with Gasteiger partial charge in [-0.25, -0.2) is 9.38 Å². The van der Waals surface area contributed by atoms with Gasteiger partial charge >= 0.3 is 0 Å². The van der Waals surface area contributed by atoms with Gasteiger partial charge in [0.15, 0.2) is 17.5 Å². The summed E-state index contributed by atoms with van der Waals surface area (Å²) < 4.78 is 24.6. The van der Waals surface area contributed by atoms with E-state index in [-0.39, 0.29) is 12.1 Å². The van der Waals surface area contributed by atoms with E-state index in [1.165, 1.54) is 6.07 Å². The molecule has 1 unspecified atom stereocenters. The van der Waals surface area contributed by atoms with Crippen LogP contribution < -0.4 is 20.1 Å². The Balaban J connectivity index is 2.12. The highest BCUT2D eigenvalue weighted by molar-refractivity contribution is 5.93. The fraction of sp³-hybridized carbons (Fsp3) is 0.350. The Morgan fingerprint density at radius 3 is 2.63 bits per heavy atom.